The molecule has 314 valence electrons. The van der Waals surface area contributed by atoms with Crippen LogP contribution in [0.5, 0.6) is 0 Å². The molecule has 6 fully saturated rings. The van der Waals surface area contributed by atoms with E-state index in [1.807, 2.05) is 0 Å². The molecule has 6 unspecified atom stereocenters. The number of hydrogen-bond donors (Lipinski definition) is 1. The minimum atomic E-state index is -5.74. The van der Waals surface area contributed by atoms with Gasteiger partial charge in [-0.2, -0.15) is 17.2 Å². The van der Waals surface area contributed by atoms with Crippen LogP contribution in [0.1, 0.15) is 136 Å². The van der Waals surface area contributed by atoms with Gasteiger partial charge in [-0.15, -0.1) is 0 Å². The molecule has 6 rings (SSSR count). The lowest BCUT2D eigenvalue weighted by Gasteiger charge is -2.47. The predicted molar refractivity (Wildman–Crippen MR) is 197 cm³/mol. The van der Waals surface area contributed by atoms with E-state index in [4.69, 9.17) is 23.5 Å². The van der Waals surface area contributed by atoms with Gasteiger partial charge in [0.1, 0.15) is 13.2 Å². The predicted octanol–water partition coefficient (Wildman–Crippen LogP) is 7.89. The van der Waals surface area contributed by atoms with E-state index in [9.17, 15) is 31.6 Å². The molecule has 1 heterocycles. The molecule has 1 aliphatic heterocycles. The van der Waals surface area contributed by atoms with Gasteiger partial charge >= 0.3 is 33.3 Å². The Morgan fingerprint density at radius 1 is 0.818 bits per heavy atom. The highest BCUT2D eigenvalue weighted by atomic mass is 32.2. The fourth-order valence-corrected chi connectivity index (χ4v) is 11.7. The van der Waals surface area contributed by atoms with Crippen molar-refractivity contribution in [1.29, 1.82) is 0 Å². The lowest BCUT2D eigenvalue weighted by molar-refractivity contribution is -0.268. The Hall–Kier alpha value is -1.90. The molecule has 4 bridgehead atoms. The van der Waals surface area contributed by atoms with Crippen molar-refractivity contribution in [2.45, 2.75) is 147 Å². The average molecular weight is 803 g/mol. The highest BCUT2D eigenvalue weighted by Gasteiger charge is 2.50. The minimum absolute atomic E-state index is 0.0261. The second-order valence-electron chi connectivity index (χ2n) is 19.0. The zero-order valence-corrected chi connectivity index (χ0v) is 33.7. The Labute approximate surface area is 325 Å². The fourth-order valence-electron chi connectivity index (χ4n) is 11.5. The lowest BCUT2D eigenvalue weighted by Crippen LogP contribution is -2.52. The van der Waals surface area contributed by atoms with Gasteiger partial charge in [0.05, 0.1) is 30.0 Å². The third-order valence-electron chi connectivity index (χ3n) is 13.9. The van der Waals surface area contributed by atoms with Gasteiger partial charge in [0.2, 0.25) is 0 Å². The van der Waals surface area contributed by atoms with Crippen molar-refractivity contribution in [3.05, 3.63) is 0 Å². The van der Waals surface area contributed by atoms with Gasteiger partial charge in [-0.05, 0) is 106 Å². The maximum absolute atomic E-state index is 13.9. The van der Waals surface area contributed by atoms with E-state index in [0.29, 0.717) is 41.9 Å². The van der Waals surface area contributed by atoms with Crippen molar-refractivity contribution in [3.63, 3.8) is 0 Å². The summed E-state index contributed by atoms with van der Waals surface area (Å²) in [5.74, 6) is 1.15. The van der Waals surface area contributed by atoms with Crippen LogP contribution in [0, 0.1) is 58.2 Å². The average Bonchev–Trinajstić information content (AvgIpc) is 3.13. The summed E-state index contributed by atoms with van der Waals surface area (Å²) in [6.07, 6.45) is 16.0. The topological polar surface area (TPSA) is 152 Å². The summed E-state index contributed by atoms with van der Waals surface area (Å²) in [7, 11) is -5.74. The number of alkyl halides is 2. The van der Waals surface area contributed by atoms with Gasteiger partial charge in [-0.1, -0.05) is 58.8 Å². The van der Waals surface area contributed by atoms with Gasteiger partial charge in [0.15, 0.2) is 12.9 Å². The summed E-state index contributed by atoms with van der Waals surface area (Å²) in [6.45, 7) is 2.84. The summed E-state index contributed by atoms with van der Waals surface area (Å²) in [4.78, 5) is 40.1. The first kappa shape index (κ1) is 42.7. The summed E-state index contributed by atoms with van der Waals surface area (Å²) in [6, 6.07) is 0. The van der Waals surface area contributed by atoms with Gasteiger partial charge in [0.25, 0.3) is 0 Å². The van der Waals surface area contributed by atoms with E-state index < -0.39 is 45.1 Å². The number of hydrogen-bond acceptors (Lipinski definition) is 10. The molecule has 6 aliphatic rings. The van der Waals surface area contributed by atoms with Crippen LogP contribution in [-0.4, -0.2) is 75.5 Å². The molecule has 1 saturated heterocycles. The highest BCUT2D eigenvalue weighted by Crippen LogP contribution is 2.52. The largest absolute Gasteiger partial charge is 0.465 e. The number of carbonyl (C=O) groups excluding carboxylic acids is 3. The maximum Gasteiger partial charge on any atom is 0.402 e. The summed E-state index contributed by atoms with van der Waals surface area (Å²) in [5.41, 5.74) is -1.44. The summed E-state index contributed by atoms with van der Waals surface area (Å²) < 4.78 is 87.9. The first-order valence-corrected chi connectivity index (χ1v) is 22.6. The van der Waals surface area contributed by atoms with Crippen LogP contribution in [-0.2, 0) is 48.2 Å². The zero-order valence-electron chi connectivity index (χ0n) is 32.9. The number of esters is 3. The number of rotatable bonds is 15. The maximum atomic E-state index is 13.9. The van der Waals surface area contributed by atoms with Gasteiger partial charge in [-0.25, -0.2) is 0 Å². The molecule has 0 aromatic rings. The molecule has 55 heavy (non-hydrogen) atoms. The van der Waals surface area contributed by atoms with Crippen LogP contribution in [0.15, 0.2) is 0 Å². The molecule has 5 aliphatic carbocycles. The van der Waals surface area contributed by atoms with Crippen LogP contribution < -0.4 is 0 Å². The Morgan fingerprint density at radius 3 is 2.15 bits per heavy atom. The minimum Gasteiger partial charge on any atom is -0.465 e. The molecule has 0 aromatic carbocycles. The van der Waals surface area contributed by atoms with Crippen LogP contribution in [0.2, 0.25) is 0 Å². The Morgan fingerprint density at radius 2 is 1.47 bits per heavy atom. The van der Waals surface area contributed by atoms with E-state index >= 15 is 0 Å². The number of fused-ring (bicyclic) bond motifs is 4. The third kappa shape index (κ3) is 11.0. The second-order valence-corrected chi connectivity index (χ2v) is 20.5. The van der Waals surface area contributed by atoms with Crippen molar-refractivity contribution in [3.8, 4) is 0 Å². The molecule has 5 saturated carbocycles. The smallest absolute Gasteiger partial charge is 0.402 e. The molecular formula is C41H64F2O11S. The number of ether oxygens (including phenoxy) is 5. The van der Waals surface area contributed by atoms with Crippen molar-refractivity contribution in [2.24, 2.45) is 58.2 Å². The van der Waals surface area contributed by atoms with E-state index in [2.05, 4.69) is 18.6 Å². The van der Waals surface area contributed by atoms with Gasteiger partial charge in [0, 0.05) is 12.3 Å². The van der Waals surface area contributed by atoms with E-state index in [1.54, 1.807) is 0 Å². The third-order valence-corrected chi connectivity index (χ3v) is 14.8. The SMILES string of the molecule is CC1CC2CC(C1)CC(C(=O)OCC1(COC(=O)C34CCCC(CC(C)C3)C4)COC(C(CCC(=O)OCC(F)(F)S(=O)(=O)O)CC3CCCCC3)OC1)C2. The number of halogens is 2. The van der Waals surface area contributed by atoms with Crippen LogP contribution in [0.4, 0.5) is 8.78 Å². The first-order valence-electron chi connectivity index (χ1n) is 21.1. The second kappa shape index (κ2) is 17.9. The van der Waals surface area contributed by atoms with E-state index in [0.717, 1.165) is 96.3 Å². The summed E-state index contributed by atoms with van der Waals surface area (Å²) in [5, 5.41) is -4.61. The molecule has 14 heteroatoms. The Bertz CT molecular complexity index is 1420. The molecule has 0 radical (unpaired) electrons. The monoisotopic (exact) mass is 802 g/mol. The number of carbonyl (C=O) groups is 3. The van der Waals surface area contributed by atoms with E-state index in [1.165, 1.54) is 6.42 Å². The van der Waals surface area contributed by atoms with Crippen molar-refractivity contribution >= 4 is 28.0 Å². The fraction of sp³-hybridized carbons (Fsp3) is 0.927. The standard InChI is InChI=1S/C41H64F2O11S/c1-27-13-31-16-32(14-27)19-34(18-31)36(45)51-22-39(25-54-38(46)40-12-6-9-30(21-40)15-28(2)20-40)23-52-37(53-24-39)33(17-29-7-4-3-5-8-29)10-11-35(44)50-26-41(42,43)55(47,48)49/h27-34,37H,3-26H2,1-2H3,(H,47,48,49). The van der Waals surface area contributed by atoms with Crippen molar-refractivity contribution < 1.29 is 59.8 Å². The summed E-state index contributed by atoms with van der Waals surface area (Å²) >= 11 is 0. The normalized spacial score (nSPS) is 36.3. The van der Waals surface area contributed by atoms with E-state index in [-0.39, 0.29) is 63.0 Å². The van der Waals surface area contributed by atoms with Gasteiger partial charge in [-0.3, -0.25) is 18.9 Å². The lowest BCUT2D eigenvalue weighted by atomic mass is 9.59. The molecule has 0 spiro atoms. The Kier molecular flexibility index (Phi) is 13.9. The van der Waals surface area contributed by atoms with Crippen LogP contribution >= 0.6 is 0 Å². The van der Waals surface area contributed by atoms with Crippen LogP contribution in [0.25, 0.3) is 0 Å². The zero-order chi connectivity index (χ0) is 39.4. The molecule has 6 atom stereocenters. The molecular weight excluding hydrogens is 739 g/mol. The van der Waals surface area contributed by atoms with Crippen LogP contribution in [0.3, 0.4) is 0 Å². The van der Waals surface area contributed by atoms with Crippen molar-refractivity contribution in [1.82, 2.24) is 0 Å². The molecule has 0 amide bonds. The highest BCUT2D eigenvalue weighted by molar-refractivity contribution is 7.86. The molecule has 11 nitrogen and oxygen atoms in total. The van der Waals surface area contributed by atoms with Crippen molar-refractivity contribution in [2.75, 3.05) is 33.0 Å². The molecule has 0 aromatic heterocycles. The quantitative estimate of drug-likeness (QED) is 0.0978. The molecule has 1 N–H and O–H groups in total. The Balaban J connectivity index is 1.11. The van der Waals surface area contributed by atoms with Gasteiger partial charge < -0.3 is 23.7 Å². The first-order chi connectivity index (χ1) is 26.0.